The Hall–Kier alpha value is -2.28. The molecule has 1 aromatic heterocycles. The van der Waals surface area contributed by atoms with Crippen LogP contribution >= 0.6 is 0 Å². The van der Waals surface area contributed by atoms with Crippen LogP contribution in [0.4, 0.5) is 11.4 Å². The molecule has 4 nitrogen and oxygen atoms in total. The molecule has 1 saturated carbocycles. The number of hydrogen-bond acceptors (Lipinski definition) is 4. The number of nitrogens with zero attached hydrogens (tertiary/aromatic N) is 3. The highest BCUT2D eigenvalue weighted by molar-refractivity contribution is 5.98. The maximum atomic E-state index is 8.81. The van der Waals surface area contributed by atoms with E-state index < -0.39 is 0 Å². The number of nitriles is 1. The van der Waals surface area contributed by atoms with E-state index in [0.29, 0.717) is 12.5 Å². The number of rotatable bonds is 4. The molecule has 19 heavy (non-hydrogen) atoms. The summed E-state index contributed by atoms with van der Waals surface area (Å²) >= 11 is 0. The van der Waals surface area contributed by atoms with Gasteiger partial charge in [0.15, 0.2) is 0 Å². The highest BCUT2D eigenvalue weighted by atomic mass is 15.2. The SMILES string of the molecule is N#CCCN(c1ccc(N)c2cccnc12)C1CC1. The van der Waals surface area contributed by atoms with Crippen LogP contribution in [0.25, 0.3) is 10.9 Å². The molecule has 1 heterocycles. The number of aromatic nitrogens is 1. The zero-order valence-corrected chi connectivity index (χ0v) is 10.7. The van der Waals surface area contributed by atoms with E-state index in [-0.39, 0.29) is 0 Å². The van der Waals surface area contributed by atoms with Crippen LogP contribution in [0.5, 0.6) is 0 Å². The van der Waals surface area contributed by atoms with Crippen molar-refractivity contribution in [1.29, 1.82) is 5.26 Å². The van der Waals surface area contributed by atoms with Crippen LogP contribution in [0, 0.1) is 11.3 Å². The Morgan fingerprint density at radius 1 is 1.37 bits per heavy atom. The minimum atomic E-state index is 0.537. The fourth-order valence-corrected chi connectivity index (χ4v) is 2.47. The lowest BCUT2D eigenvalue weighted by molar-refractivity contribution is 0.795. The van der Waals surface area contributed by atoms with Crippen molar-refractivity contribution in [2.45, 2.75) is 25.3 Å². The van der Waals surface area contributed by atoms with Crippen LogP contribution < -0.4 is 10.6 Å². The van der Waals surface area contributed by atoms with Crippen molar-refractivity contribution < 1.29 is 0 Å². The summed E-state index contributed by atoms with van der Waals surface area (Å²) in [5.41, 5.74) is 8.80. The molecule has 0 radical (unpaired) electrons. The number of fused-ring (bicyclic) bond motifs is 1. The predicted octanol–water partition coefficient (Wildman–Crippen LogP) is 2.70. The second-order valence-corrected chi connectivity index (χ2v) is 4.91. The lowest BCUT2D eigenvalue weighted by Crippen LogP contribution is -2.27. The van der Waals surface area contributed by atoms with E-state index in [0.717, 1.165) is 28.8 Å². The first-order chi connectivity index (χ1) is 9.31. The third-order valence-corrected chi connectivity index (χ3v) is 3.54. The first kappa shape index (κ1) is 11.8. The summed E-state index contributed by atoms with van der Waals surface area (Å²) in [6.07, 6.45) is 4.73. The summed E-state index contributed by atoms with van der Waals surface area (Å²) in [6, 6.07) is 10.6. The summed E-state index contributed by atoms with van der Waals surface area (Å²) < 4.78 is 0. The Balaban J connectivity index is 2.08. The van der Waals surface area contributed by atoms with Crippen LogP contribution in [0.15, 0.2) is 30.5 Å². The van der Waals surface area contributed by atoms with E-state index in [4.69, 9.17) is 11.0 Å². The van der Waals surface area contributed by atoms with E-state index in [1.54, 1.807) is 6.20 Å². The molecule has 0 unspecified atom stereocenters. The van der Waals surface area contributed by atoms with E-state index in [2.05, 4.69) is 16.0 Å². The molecular formula is C15H16N4. The summed E-state index contributed by atoms with van der Waals surface area (Å²) in [5.74, 6) is 0. The van der Waals surface area contributed by atoms with Crippen molar-refractivity contribution in [3.63, 3.8) is 0 Å². The average Bonchev–Trinajstić information content (AvgIpc) is 3.26. The molecule has 0 saturated heterocycles. The van der Waals surface area contributed by atoms with Gasteiger partial charge in [-0.25, -0.2) is 0 Å². The van der Waals surface area contributed by atoms with Gasteiger partial charge >= 0.3 is 0 Å². The Labute approximate surface area is 112 Å². The minimum Gasteiger partial charge on any atom is -0.398 e. The number of hydrogen-bond donors (Lipinski definition) is 1. The van der Waals surface area contributed by atoms with Crippen molar-refractivity contribution in [3.05, 3.63) is 30.5 Å². The monoisotopic (exact) mass is 252 g/mol. The molecule has 0 atom stereocenters. The molecule has 96 valence electrons. The summed E-state index contributed by atoms with van der Waals surface area (Å²) in [4.78, 5) is 6.78. The Kier molecular flexibility index (Phi) is 2.96. The molecule has 1 aromatic carbocycles. The largest absolute Gasteiger partial charge is 0.398 e. The second kappa shape index (κ2) is 4.77. The average molecular weight is 252 g/mol. The maximum Gasteiger partial charge on any atom is 0.0956 e. The van der Waals surface area contributed by atoms with Gasteiger partial charge in [0.2, 0.25) is 0 Å². The fraction of sp³-hybridized carbons (Fsp3) is 0.333. The normalized spacial score (nSPS) is 14.3. The zero-order valence-electron chi connectivity index (χ0n) is 10.7. The number of nitrogens with two attached hydrogens (primary N) is 1. The van der Waals surface area contributed by atoms with Gasteiger partial charge in [-0.1, -0.05) is 0 Å². The van der Waals surface area contributed by atoms with E-state index in [1.165, 1.54) is 12.8 Å². The Morgan fingerprint density at radius 2 is 2.21 bits per heavy atom. The Morgan fingerprint density at radius 3 is 2.95 bits per heavy atom. The highest BCUT2D eigenvalue weighted by Crippen LogP contribution is 2.36. The number of anilines is 2. The number of nitrogen functional groups attached to an aromatic ring is 1. The molecule has 1 aliphatic rings. The van der Waals surface area contributed by atoms with Gasteiger partial charge in [0.25, 0.3) is 0 Å². The Bertz CT molecular complexity index is 640. The van der Waals surface area contributed by atoms with Gasteiger partial charge in [0, 0.05) is 29.9 Å². The van der Waals surface area contributed by atoms with Gasteiger partial charge in [-0.3, -0.25) is 4.98 Å². The van der Waals surface area contributed by atoms with E-state index in [1.807, 2.05) is 24.3 Å². The van der Waals surface area contributed by atoms with Gasteiger partial charge < -0.3 is 10.6 Å². The van der Waals surface area contributed by atoms with E-state index in [9.17, 15) is 0 Å². The molecule has 0 spiro atoms. The topological polar surface area (TPSA) is 65.9 Å². The fourth-order valence-electron chi connectivity index (χ4n) is 2.47. The third-order valence-electron chi connectivity index (χ3n) is 3.54. The maximum absolute atomic E-state index is 8.81. The van der Waals surface area contributed by atoms with Crippen molar-refractivity contribution in [2.24, 2.45) is 0 Å². The minimum absolute atomic E-state index is 0.537. The van der Waals surface area contributed by atoms with Crippen LogP contribution in [-0.4, -0.2) is 17.6 Å². The van der Waals surface area contributed by atoms with Gasteiger partial charge in [-0.2, -0.15) is 5.26 Å². The quantitative estimate of drug-likeness (QED) is 0.850. The lowest BCUT2D eigenvalue weighted by Gasteiger charge is -2.25. The third kappa shape index (κ3) is 2.19. The molecule has 1 aliphatic carbocycles. The summed E-state index contributed by atoms with van der Waals surface area (Å²) in [5, 5.41) is 9.80. The van der Waals surface area contributed by atoms with Crippen LogP contribution in [-0.2, 0) is 0 Å². The molecule has 1 fully saturated rings. The smallest absolute Gasteiger partial charge is 0.0956 e. The van der Waals surface area contributed by atoms with Crippen LogP contribution in [0.3, 0.4) is 0 Å². The lowest BCUT2D eigenvalue weighted by atomic mass is 10.1. The standard InChI is InChI=1S/C15H16N4/c16-8-2-10-19(11-4-5-11)14-7-6-13(17)12-3-1-9-18-15(12)14/h1,3,6-7,9,11H,2,4-5,10,17H2. The highest BCUT2D eigenvalue weighted by Gasteiger charge is 2.30. The van der Waals surface area contributed by atoms with Gasteiger partial charge in [0.1, 0.15) is 0 Å². The molecule has 0 amide bonds. The molecular weight excluding hydrogens is 236 g/mol. The first-order valence-corrected chi connectivity index (χ1v) is 6.58. The molecule has 3 rings (SSSR count). The van der Waals surface area contributed by atoms with Crippen molar-refractivity contribution in [2.75, 3.05) is 17.2 Å². The first-order valence-electron chi connectivity index (χ1n) is 6.58. The van der Waals surface area contributed by atoms with Gasteiger partial charge in [-0.05, 0) is 37.1 Å². The van der Waals surface area contributed by atoms with E-state index >= 15 is 0 Å². The van der Waals surface area contributed by atoms with Crippen LogP contribution in [0.1, 0.15) is 19.3 Å². The van der Waals surface area contributed by atoms with Crippen LogP contribution in [0.2, 0.25) is 0 Å². The molecule has 0 bridgehead atoms. The predicted molar refractivity (Wildman–Crippen MR) is 76.8 cm³/mol. The second-order valence-electron chi connectivity index (χ2n) is 4.91. The summed E-state index contributed by atoms with van der Waals surface area (Å²) in [6.45, 7) is 0.761. The molecule has 4 heteroatoms. The number of pyridine rings is 1. The molecule has 2 aromatic rings. The zero-order chi connectivity index (χ0) is 13.2. The van der Waals surface area contributed by atoms with Crippen molar-refractivity contribution >= 4 is 22.3 Å². The van der Waals surface area contributed by atoms with Crippen molar-refractivity contribution in [1.82, 2.24) is 4.98 Å². The summed E-state index contributed by atoms with van der Waals surface area (Å²) in [7, 11) is 0. The molecule has 2 N–H and O–H groups in total. The molecule has 0 aliphatic heterocycles. The number of benzene rings is 1. The van der Waals surface area contributed by atoms with Gasteiger partial charge in [0.05, 0.1) is 23.7 Å². The van der Waals surface area contributed by atoms with Gasteiger partial charge in [-0.15, -0.1) is 0 Å². The van der Waals surface area contributed by atoms with Crippen molar-refractivity contribution in [3.8, 4) is 6.07 Å².